The van der Waals surface area contributed by atoms with Crippen LogP contribution in [0.5, 0.6) is 11.5 Å². The van der Waals surface area contributed by atoms with Gasteiger partial charge >= 0.3 is 0 Å². The van der Waals surface area contributed by atoms with Crippen LogP contribution < -0.4 is 14.8 Å². The first-order chi connectivity index (χ1) is 15.0. The number of amides is 2. The van der Waals surface area contributed by atoms with Crippen molar-refractivity contribution in [2.75, 3.05) is 33.5 Å². The highest BCUT2D eigenvalue weighted by molar-refractivity contribution is 5.87. The maximum absolute atomic E-state index is 13.0. The molecule has 0 spiro atoms. The van der Waals surface area contributed by atoms with Crippen LogP contribution in [0.3, 0.4) is 0 Å². The van der Waals surface area contributed by atoms with Crippen LogP contribution in [-0.2, 0) is 20.9 Å². The summed E-state index contributed by atoms with van der Waals surface area (Å²) in [5.41, 5.74) is 0.893. The smallest absolute Gasteiger partial charge is 0.261 e. The SMILES string of the molecule is CCOCCCNC(=O)C(C)N(Cc1ccc(OC)cc1)C(=O)COc1ccccc1. The number of benzene rings is 2. The van der Waals surface area contributed by atoms with Crippen LogP contribution in [0.1, 0.15) is 25.8 Å². The summed E-state index contributed by atoms with van der Waals surface area (Å²) in [6, 6.07) is 15.9. The zero-order chi connectivity index (χ0) is 22.5. The number of rotatable bonds is 13. The average molecular weight is 429 g/mol. The lowest BCUT2D eigenvalue weighted by Crippen LogP contribution is -2.49. The maximum atomic E-state index is 13.0. The molecule has 1 unspecified atom stereocenters. The van der Waals surface area contributed by atoms with E-state index in [9.17, 15) is 9.59 Å². The van der Waals surface area contributed by atoms with E-state index in [1.54, 1.807) is 26.2 Å². The Morgan fingerprint density at radius 3 is 2.39 bits per heavy atom. The fourth-order valence-electron chi connectivity index (χ4n) is 2.93. The Bertz CT molecular complexity index is 795. The highest BCUT2D eigenvalue weighted by atomic mass is 16.5. The van der Waals surface area contributed by atoms with E-state index in [1.807, 2.05) is 49.4 Å². The number of carbonyl (C=O) groups excluding carboxylic acids is 2. The molecule has 2 aromatic carbocycles. The summed E-state index contributed by atoms with van der Waals surface area (Å²) in [5, 5.41) is 2.88. The topological polar surface area (TPSA) is 77.1 Å². The van der Waals surface area contributed by atoms with Crippen molar-refractivity contribution < 1.29 is 23.8 Å². The van der Waals surface area contributed by atoms with Gasteiger partial charge in [-0.3, -0.25) is 9.59 Å². The monoisotopic (exact) mass is 428 g/mol. The van der Waals surface area contributed by atoms with E-state index in [-0.39, 0.29) is 25.0 Å². The van der Waals surface area contributed by atoms with Crippen molar-refractivity contribution in [3.8, 4) is 11.5 Å². The van der Waals surface area contributed by atoms with E-state index < -0.39 is 6.04 Å². The number of methoxy groups -OCH3 is 1. The van der Waals surface area contributed by atoms with Gasteiger partial charge in [0.05, 0.1) is 7.11 Å². The first-order valence-corrected chi connectivity index (χ1v) is 10.5. The van der Waals surface area contributed by atoms with Crippen molar-refractivity contribution >= 4 is 11.8 Å². The van der Waals surface area contributed by atoms with Gasteiger partial charge < -0.3 is 24.4 Å². The van der Waals surface area contributed by atoms with E-state index in [0.29, 0.717) is 25.5 Å². The van der Waals surface area contributed by atoms with Gasteiger partial charge in [0, 0.05) is 26.3 Å². The van der Waals surface area contributed by atoms with Crippen LogP contribution >= 0.6 is 0 Å². The van der Waals surface area contributed by atoms with E-state index in [4.69, 9.17) is 14.2 Å². The lowest BCUT2D eigenvalue weighted by molar-refractivity contribution is -0.142. The first-order valence-electron chi connectivity index (χ1n) is 10.5. The molecular formula is C24H32N2O5. The Morgan fingerprint density at radius 2 is 1.74 bits per heavy atom. The number of nitrogens with zero attached hydrogens (tertiary/aromatic N) is 1. The van der Waals surface area contributed by atoms with Gasteiger partial charge in [0.15, 0.2) is 6.61 Å². The molecule has 0 aliphatic heterocycles. The number of para-hydroxylation sites is 1. The lowest BCUT2D eigenvalue weighted by atomic mass is 10.1. The maximum Gasteiger partial charge on any atom is 0.261 e. The molecule has 0 radical (unpaired) electrons. The molecule has 2 amide bonds. The molecule has 7 nitrogen and oxygen atoms in total. The van der Waals surface area contributed by atoms with Gasteiger partial charge in [-0.05, 0) is 50.1 Å². The standard InChI is InChI=1S/C24H32N2O5/c1-4-30-16-8-15-25-24(28)19(2)26(17-20-11-13-21(29-3)14-12-20)23(27)18-31-22-9-6-5-7-10-22/h5-7,9-14,19H,4,8,15-18H2,1-3H3,(H,25,28). The average Bonchev–Trinajstić information content (AvgIpc) is 2.81. The first kappa shape index (κ1) is 24.2. The highest BCUT2D eigenvalue weighted by Gasteiger charge is 2.26. The minimum Gasteiger partial charge on any atom is -0.497 e. The summed E-state index contributed by atoms with van der Waals surface area (Å²) >= 11 is 0. The number of ether oxygens (including phenoxy) is 3. The quantitative estimate of drug-likeness (QED) is 0.496. The van der Waals surface area contributed by atoms with E-state index >= 15 is 0 Å². The van der Waals surface area contributed by atoms with E-state index in [1.165, 1.54) is 4.90 Å². The van der Waals surface area contributed by atoms with E-state index in [0.717, 1.165) is 17.7 Å². The van der Waals surface area contributed by atoms with E-state index in [2.05, 4.69) is 5.32 Å². The molecule has 0 aliphatic rings. The summed E-state index contributed by atoms with van der Waals surface area (Å²) in [6.45, 7) is 5.52. The molecule has 2 rings (SSSR count). The van der Waals surface area contributed by atoms with Gasteiger partial charge in [-0.15, -0.1) is 0 Å². The zero-order valence-electron chi connectivity index (χ0n) is 18.5. The highest BCUT2D eigenvalue weighted by Crippen LogP contribution is 2.16. The second-order valence-corrected chi connectivity index (χ2v) is 6.99. The summed E-state index contributed by atoms with van der Waals surface area (Å²) < 4.78 is 16.1. The van der Waals surface area contributed by atoms with Crippen LogP contribution in [-0.4, -0.2) is 56.2 Å². The third-order valence-electron chi connectivity index (χ3n) is 4.75. The molecule has 0 aromatic heterocycles. The zero-order valence-corrected chi connectivity index (χ0v) is 18.5. The molecular weight excluding hydrogens is 396 g/mol. The molecule has 168 valence electrons. The van der Waals surface area contributed by atoms with Crippen molar-refractivity contribution in [1.29, 1.82) is 0 Å². The summed E-state index contributed by atoms with van der Waals surface area (Å²) in [5.74, 6) is 0.858. The fraction of sp³-hybridized carbons (Fsp3) is 0.417. The second kappa shape index (κ2) is 13.3. The van der Waals surface area contributed by atoms with Gasteiger partial charge in [-0.25, -0.2) is 0 Å². The normalized spacial score (nSPS) is 11.5. The molecule has 0 aliphatic carbocycles. The van der Waals surface area contributed by atoms with Gasteiger partial charge in [-0.2, -0.15) is 0 Å². The summed E-state index contributed by atoms with van der Waals surface area (Å²) in [4.78, 5) is 27.2. The Balaban J connectivity index is 2.03. The molecule has 0 saturated heterocycles. The fourth-order valence-corrected chi connectivity index (χ4v) is 2.93. The molecule has 1 atom stereocenters. The van der Waals surface area contributed by atoms with Crippen molar-refractivity contribution in [1.82, 2.24) is 10.2 Å². The van der Waals surface area contributed by atoms with Crippen LogP contribution in [0.25, 0.3) is 0 Å². The molecule has 1 N–H and O–H groups in total. The van der Waals surface area contributed by atoms with Crippen molar-refractivity contribution in [3.05, 3.63) is 60.2 Å². The number of hydrogen-bond acceptors (Lipinski definition) is 5. The van der Waals surface area contributed by atoms with Crippen LogP contribution in [0.4, 0.5) is 0 Å². The molecule has 0 saturated carbocycles. The minimum absolute atomic E-state index is 0.151. The van der Waals surface area contributed by atoms with Gasteiger partial charge in [0.25, 0.3) is 5.91 Å². The van der Waals surface area contributed by atoms with Crippen molar-refractivity contribution in [2.24, 2.45) is 0 Å². The minimum atomic E-state index is -0.652. The van der Waals surface area contributed by atoms with Gasteiger partial charge in [0.1, 0.15) is 17.5 Å². The Hall–Kier alpha value is -3.06. The second-order valence-electron chi connectivity index (χ2n) is 6.99. The Kier molecular flexibility index (Phi) is 10.4. The predicted molar refractivity (Wildman–Crippen MR) is 119 cm³/mol. The van der Waals surface area contributed by atoms with Crippen molar-refractivity contribution in [3.63, 3.8) is 0 Å². The van der Waals surface area contributed by atoms with Crippen molar-refractivity contribution in [2.45, 2.75) is 32.9 Å². The van der Waals surface area contributed by atoms with Gasteiger partial charge in [-0.1, -0.05) is 30.3 Å². The number of carbonyl (C=O) groups is 2. The number of hydrogen-bond donors (Lipinski definition) is 1. The van der Waals surface area contributed by atoms with Crippen LogP contribution in [0, 0.1) is 0 Å². The van der Waals surface area contributed by atoms with Crippen LogP contribution in [0.15, 0.2) is 54.6 Å². The Labute approximate surface area is 184 Å². The largest absolute Gasteiger partial charge is 0.497 e. The molecule has 0 fully saturated rings. The molecule has 0 heterocycles. The van der Waals surface area contributed by atoms with Gasteiger partial charge in [0.2, 0.25) is 5.91 Å². The molecule has 2 aromatic rings. The lowest BCUT2D eigenvalue weighted by Gasteiger charge is -2.28. The molecule has 31 heavy (non-hydrogen) atoms. The third kappa shape index (κ3) is 8.30. The third-order valence-corrected chi connectivity index (χ3v) is 4.75. The Morgan fingerprint density at radius 1 is 1.03 bits per heavy atom. The molecule has 7 heteroatoms. The predicted octanol–water partition coefficient (Wildman–Crippen LogP) is 3.03. The molecule has 0 bridgehead atoms. The van der Waals surface area contributed by atoms with Crippen LogP contribution in [0.2, 0.25) is 0 Å². The summed E-state index contributed by atoms with van der Waals surface area (Å²) in [7, 11) is 1.60. The number of nitrogens with one attached hydrogen (secondary N) is 1. The summed E-state index contributed by atoms with van der Waals surface area (Å²) in [6.07, 6.45) is 0.718.